The number of carbonyl (C=O) groups is 2. The minimum atomic E-state index is -1.07. The summed E-state index contributed by atoms with van der Waals surface area (Å²) < 4.78 is 11.4. The summed E-state index contributed by atoms with van der Waals surface area (Å²) in [5.41, 5.74) is 0.517. The van der Waals surface area contributed by atoms with Crippen LogP contribution in [0.25, 0.3) is 0 Å². The van der Waals surface area contributed by atoms with Crippen LogP contribution in [0.15, 0.2) is 29.2 Å². The molecule has 2 rings (SSSR count). The van der Waals surface area contributed by atoms with Crippen LogP contribution in [0.2, 0.25) is 0 Å². The van der Waals surface area contributed by atoms with Crippen molar-refractivity contribution in [3.05, 3.63) is 29.8 Å². The van der Waals surface area contributed by atoms with Gasteiger partial charge in [-0.1, -0.05) is 13.8 Å². The Kier molecular flexibility index (Phi) is 6.24. The fourth-order valence-corrected chi connectivity index (χ4v) is 3.91. The third-order valence-electron chi connectivity index (χ3n) is 3.56. The van der Waals surface area contributed by atoms with E-state index >= 15 is 0 Å². The first-order valence-corrected chi connectivity index (χ1v) is 10.2. The predicted molar refractivity (Wildman–Crippen MR) is 93.9 cm³/mol. The Morgan fingerprint density at radius 2 is 2.00 bits per heavy atom. The van der Waals surface area contributed by atoms with E-state index in [2.05, 4.69) is 5.32 Å². The van der Waals surface area contributed by atoms with Crippen LogP contribution in [0.5, 0.6) is 0 Å². The van der Waals surface area contributed by atoms with Crippen LogP contribution >= 0.6 is 11.8 Å². The van der Waals surface area contributed by atoms with Gasteiger partial charge >= 0.3 is 0 Å². The maximum Gasteiger partial charge on any atom is 0.255 e. The van der Waals surface area contributed by atoms with Crippen molar-refractivity contribution in [3.8, 4) is 0 Å². The van der Waals surface area contributed by atoms with Gasteiger partial charge < -0.3 is 10.2 Å². The number of amides is 2. The van der Waals surface area contributed by atoms with Crippen molar-refractivity contribution in [3.63, 3.8) is 0 Å². The van der Waals surface area contributed by atoms with Crippen molar-refractivity contribution in [2.45, 2.75) is 24.8 Å². The van der Waals surface area contributed by atoms with Crippen LogP contribution in [-0.2, 0) is 15.6 Å². The molecule has 0 radical (unpaired) electrons. The second kappa shape index (κ2) is 7.97. The van der Waals surface area contributed by atoms with Gasteiger partial charge in [0.05, 0.1) is 5.88 Å². The van der Waals surface area contributed by atoms with Crippen LogP contribution in [0.3, 0.4) is 0 Å². The van der Waals surface area contributed by atoms with E-state index in [9.17, 15) is 13.8 Å². The Hall–Kier alpha value is -1.34. The van der Waals surface area contributed by atoms with E-state index in [1.165, 1.54) is 0 Å². The van der Waals surface area contributed by atoms with E-state index in [1.807, 2.05) is 13.8 Å². The average Bonchev–Trinajstić information content (AvgIpc) is 3.01. The van der Waals surface area contributed by atoms with Gasteiger partial charge in [0, 0.05) is 39.8 Å². The lowest BCUT2D eigenvalue weighted by atomic mass is 10.1. The Morgan fingerprint density at radius 1 is 1.35 bits per heavy atom. The van der Waals surface area contributed by atoms with Gasteiger partial charge in [0.1, 0.15) is 6.04 Å². The third kappa shape index (κ3) is 4.57. The Bertz CT molecular complexity index is 602. The summed E-state index contributed by atoms with van der Waals surface area (Å²) in [7, 11) is -1.07. The summed E-state index contributed by atoms with van der Waals surface area (Å²) in [6.45, 7) is 4.68. The molecule has 1 aliphatic heterocycles. The van der Waals surface area contributed by atoms with Crippen molar-refractivity contribution in [2.24, 2.45) is 5.92 Å². The number of hydrogen-bond acceptors (Lipinski definition) is 4. The number of nitrogens with one attached hydrogen (secondary N) is 1. The first kappa shape index (κ1) is 18.0. The van der Waals surface area contributed by atoms with Crippen molar-refractivity contribution in [1.29, 1.82) is 0 Å². The predicted octanol–water partition coefficient (Wildman–Crippen LogP) is 1.71. The fourth-order valence-electron chi connectivity index (χ4n) is 2.24. The first-order chi connectivity index (χ1) is 10.9. The molecule has 0 aliphatic carbocycles. The van der Waals surface area contributed by atoms with Crippen molar-refractivity contribution < 1.29 is 13.8 Å². The third-order valence-corrected chi connectivity index (χ3v) is 5.51. The molecular formula is C16H22N2O3S2. The van der Waals surface area contributed by atoms with Gasteiger partial charge in [0.25, 0.3) is 5.91 Å². The molecule has 1 aromatic rings. The number of thioether (sulfide) groups is 1. The zero-order valence-corrected chi connectivity index (χ0v) is 15.2. The number of rotatable bonds is 5. The summed E-state index contributed by atoms with van der Waals surface area (Å²) >= 11 is 1.58. The quantitative estimate of drug-likeness (QED) is 0.874. The van der Waals surface area contributed by atoms with Crippen LogP contribution in [0, 0.1) is 5.92 Å². The second-order valence-corrected chi connectivity index (χ2v) is 8.29. The Balaban J connectivity index is 2.08. The molecule has 1 N–H and O–H groups in total. The van der Waals surface area contributed by atoms with Crippen LogP contribution in [0.1, 0.15) is 24.2 Å². The molecule has 1 fully saturated rings. The molecule has 1 saturated heterocycles. The SMILES string of the molecule is CC(C)CNC(=O)[C@H]1CSCN1C(=O)c1ccc([S@@](C)=O)cc1. The van der Waals surface area contributed by atoms with Crippen molar-refractivity contribution in [1.82, 2.24) is 10.2 Å². The molecule has 7 heteroatoms. The smallest absolute Gasteiger partial charge is 0.255 e. The molecule has 1 aliphatic rings. The summed E-state index contributed by atoms with van der Waals surface area (Å²) in [5.74, 6) is 1.25. The van der Waals surface area contributed by atoms with Gasteiger partial charge in [-0.3, -0.25) is 13.8 Å². The summed E-state index contributed by atoms with van der Waals surface area (Å²) in [6.07, 6.45) is 1.60. The molecule has 5 nitrogen and oxygen atoms in total. The molecule has 1 heterocycles. The molecule has 1 aromatic carbocycles. The number of nitrogens with zero attached hydrogens (tertiary/aromatic N) is 1. The molecule has 0 unspecified atom stereocenters. The van der Waals surface area contributed by atoms with E-state index in [-0.39, 0.29) is 11.8 Å². The highest BCUT2D eigenvalue weighted by Gasteiger charge is 2.34. The zero-order chi connectivity index (χ0) is 17.0. The van der Waals surface area contributed by atoms with Gasteiger partial charge in [-0.2, -0.15) is 0 Å². The standard InChI is InChI=1S/C16H22N2O3S2/c1-11(2)8-17-15(19)14-9-22-10-18(14)16(20)12-4-6-13(7-5-12)23(3)21/h4-7,11,14H,8-10H2,1-3H3,(H,17,19)/t14-,23-/m1/s1. The minimum absolute atomic E-state index is 0.0941. The van der Waals surface area contributed by atoms with Gasteiger partial charge in [-0.25, -0.2) is 0 Å². The fraction of sp³-hybridized carbons (Fsp3) is 0.500. The maximum atomic E-state index is 12.6. The second-order valence-electron chi connectivity index (χ2n) is 5.91. The largest absolute Gasteiger partial charge is 0.354 e. The lowest BCUT2D eigenvalue weighted by Crippen LogP contribution is -2.47. The maximum absolute atomic E-state index is 12.6. The molecule has 23 heavy (non-hydrogen) atoms. The lowest BCUT2D eigenvalue weighted by Gasteiger charge is -2.23. The summed E-state index contributed by atoms with van der Waals surface area (Å²) in [4.78, 5) is 27.2. The number of benzene rings is 1. The van der Waals surface area contributed by atoms with E-state index in [0.29, 0.717) is 34.6 Å². The van der Waals surface area contributed by atoms with E-state index < -0.39 is 16.8 Å². The van der Waals surface area contributed by atoms with E-state index in [4.69, 9.17) is 0 Å². The molecule has 2 amide bonds. The lowest BCUT2D eigenvalue weighted by molar-refractivity contribution is -0.124. The molecule has 0 aromatic heterocycles. The van der Waals surface area contributed by atoms with Gasteiger partial charge in [0.15, 0.2) is 0 Å². The average molecular weight is 354 g/mol. The zero-order valence-electron chi connectivity index (χ0n) is 13.6. The number of carbonyl (C=O) groups excluding carboxylic acids is 2. The molecule has 126 valence electrons. The molecule has 0 saturated carbocycles. The van der Waals surface area contributed by atoms with Crippen molar-refractivity contribution >= 4 is 34.4 Å². The Morgan fingerprint density at radius 3 is 2.57 bits per heavy atom. The Labute approximate surface area is 143 Å². The topological polar surface area (TPSA) is 66.5 Å². The first-order valence-electron chi connectivity index (χ1n) is 7.50. The van der Waals surface area contributed by atoms with Gasteiger partial charge in [-0.15, -0.1) is 11.8 Å². The summed E-state index contributed by atoms with van der Waals surface area (Å²) in [6, 6.07) is 6.31. The summed E-state index contributed by atoms with van der Waals surface area (Å²) in [5, 5.41) is 2.90. The van der Waals surface area contributed by atoms with Crippen molar-refractivity contribution in [2.75, 3.05) is 24.4 Å². The van der Waals surface area contributed by atoms with Crippen LogP contribution in [0.4, 0.5) is 0 Å². The highest BCUT2D eigenvalue weighted by Crippen LogP contribution is 2.23. The molecule has 0 bridgehead atoms. The van der Waals surface area contributed by atoms with E-state index in [0.717, 1.165) is 0 Å². The molecular weight excluding hydrogens is 332 g/mol. The van der Waals surface area contributed by atoms with Gasteiger partial charge in [-0.05, 0) is 30.2 Å². The van der Waals surface area contributed by atoms with Crippen LogP contribution in [-0.4, -0.2) is 51.4 Å². The normalized spacial score (nSPS) is 19.0. The minimum Gasteiger partial charge on any atom is -0.354 e. The highest BCUT2D eigenvalue weighted by molar-refractivity contribution is 7.99. The monoisotopic (exact) mass is 354 g/mol. The highest BCUT2D eigenvalue weighted by atomic mass is 32.2. The molecule has 2 atom stereocenters. The number of hydrogen-bond donors (Lipinski definition) is 1. The van der Waals surface area contributed by atoms with E-state index in [1.54, 1.807) is 47.2 Å². The molecule has 0 spiro atoms. The van der Waals surface area contributed by atoms with Crippen LogP contribution < -0.4 is 5.32 Å². The van der Waals surface area contributed by atoms with Gasteiger partial charge in [0.2, 0.25) is 5.91 Å².